The van der Waals surface area contributed by atoms with Gasteiger partial charge in [0.2, 0.25) is 0 Å². The smallest absolute Gasteiger partial charge is 0.138 e. The van der Waals surface area contributed by atoms with Crippen LogP contribution >= 0.6 is 23.2 Å². The highest BCUT2D eigenvalue weighted by molar-refractivity contribution is 6.32. The highest BCUT2D eigenvalue weighted by atomic mass is 35.5. The van der Waals surface area contributed by atoms with Gasteiger partial charge >= 0.3 is 0 Å². The molecular formula is C14H15Cl2N3O. The minimum absolute atomic E-state index is 0.476. The van der Waals surface area contributed by atoms with Crippen LogP contribution in [0.2, 0.25) is 10.2 Å². The van der Waals surface area contributed by atoms with Gasteiger partial charge in [-0.05, 0) is 24.6 Å². The SMILES string of the molecule is CCCc1c(Cl)ncnc1Nc1ccc(OC)c(Cl)c1. The van der Waals surface area contributed by atoms with E-state index in [2.05, 4.69) is 22.2 Å². The van der Waals surface area contributed by atoms with E-state index in [9.17, 15) is 0 Å². The van der Waals surface area contributed by atoms with Gasteiger partial charge in [-0.15, -0.1) is 0 Å². The summed E-state index contributed by atoms with van der Waals surface area (Å²) in [5.41, 5.74) is 1.73. The first-order chi connectivity index (χ1) is 9.65. The lowest BCUT2D eigenvalue weighted by Gasteiger charge is -2.12. The molecule has 4 nitrogen and oxygen atoms in total. The van der Waals surface area contributed by atoms with E-state index in [1.807, 2.05) is 6.07 Å². The van der Waals surface area contributed by atoms with Crippen LogP contribution < -0.4 is 10.1 Å². The average molecular weight is 312 g/mol. The molecule has 0 atom stereocenters. The number of benzene rings is 1. The van der Waals surface area contributed by atoms with Crippen LogP contribution in [0.1, 0.15) is 18.9 Å². The summed E-state index contributed by atoms with van der Waals surface area (Å²) in [4.78, 5) is 8.26. The summed E-state index contributed by atoms with van der Waals surface area (Å²) in [7, 11) is 1.58. The minimum Gasteiger partial charge on any atom is -0.495 e. The first kappa shape index (κ1) is 14.9. The lowest BCUT2D eigenvalue weighted by molar-refractivity contribution is 0.415. The molecule has 106 valence electrons. The molecule has 0 aliphatic carbocycles. The molecule has 1 aromatic heterocycles. The number of anilines is 2. The molecule has 20 heavy (non-hydrogen) atoms. The molecule has 1 N–H and O–H groups in total. The van der Waals surface area contributed by atoms with Crippen molar-refractivity contribution in [2.75, 3.05) is 12.4 Å². The van der Waals surface area contributed by atoms with E-state index >= 15 is 0 Å². The third-order valence-electron chi connectivity index (χ3n) is 2.81. The lowest BCUT2D eigenvalue weighted by atomic mass is 10.2. The Labute approximate surface area is 128 Å². The maximum Gasteiger partial charge on any atom is 0.138 e. The Morgan fingerprint density at radius 2 is 2.05 bits per heavy atom. The first-order valence-corrected chi connectivity index (χ1v) is 7.01. The van der Waals surface area contributed by atoms with Gasteiger partial charge in [0.1, 0.15) is 23.0 Å². The van der Waals surface area contributed by atoms with Gasteiger partial charge in [0.15, 0.2) is 0 Å². The summed E-state index contributed by atoms with van der Waals surface area (Å²) < 4.78 is 5.13. The number of aromatic nitrogens is 2. The molecule has 0 radical (unpaired) electrons. The Morgan fingerprint density at radius 3 is 2.70 bits per heavy atom. The number of nitrogens with zero attached hydrogens (tertiary/aromatic N) is 2. The Morgan fingerprint density at radius 1 is 1.25 bits per heavy atom. The largest absolute Gasteiger partial charge is 0.495 e. The molecule has 0 unspecified atom stereocenters. The van der Waals surface area contributed by atoms with E-state index in [0.29, 0.717) is 21.7 Å². The molecule has 0 bridgehead atoms. The number of halogens is 2. The van der Waals surface area contributed by atoms with Crippen LogP contribution in [0.4, 0.5) is 11.5 Å². The van der Waals surface area contributed by atoms with Crippen LogP contribution in [0.15, 0.2) is 24.5 Å². The second-order valence-electron chi connectivity index (χ2n) is 4.22. The molecule has 0 aliphatic heterocycles. The maximum atomic E-state index is 6.12. The van der Waals surface area contributed by atoms with Crippen LogP contribution in [0.3, 0.4) is 0 Å². The van der Waals surface area contributed by atoms with Crippen molar-refractivity contribution in [1.29, 1.82) is 0 Å². The lowest BCUT2D eigenvalue weighted by Crippen LogP contribution is -2.01. The van der Waals surface area contributed by atoms with E-state index in [1.54, 1.807) is 19.2 Å². The third kappa shape index (κ3) is 3.32. The standard InChI is InChI=1S/C14H15Cl2N3O/c1-3-4-10-13(16)17-8-18-14(10)19-9-5-6-12(20-2)11(15)7-9/h5-8H,3-4H2,1-2H3,(H,17,18,19). The molecule has 0 fully saturated rings. The number of hydrogen-bond acceptors (Lipinski definition) is 4. The summed E-state index contributed by atoms with van der Waals surface area (Å²) in [5, 5.41) is 4.23. The van der Waals surface area contributed by atoms with Crippen molar-refractivity contribution in [2.45, 2.75) is 19.8 Å². The monoisotopic (exact) mass is 311 g/mol. The van der Waals surface area contributed by atoms with Gasteiger partial charge < -0.3 is 10.1 Å². The van der Waals surface area contributed by atoms with Crippen molar-refractivity contribution < 1.29 is 4.74 Å². The van der Waals surface area contributed by atoms with E-state index in [4.69, 9.17) is 27.9 Å². The average Bonchev–Trinajstić information content (AvgIpc) is 2.43. The number of hydrogen-bond donors (Lipinski definition) is 1. The summed E-state index contributed by atoms with van der Waals surface area (Å²) >= 11 is 12.2. The fraction of sp³-hybridized carbons (Fsp3) is 0.286. The Bertz CT molecular complexity index is 605. The number of methoxy groups -OCH3 is 1. The van der Waals surface area contributed by atoms with Crippen LogP contribution in [-0.2, 0) is 6.42 Å². The number of rotatable bonds is 5. The molecule has 0 saturated heterocycles. The van der Waals surface area contributed by atoms with Gasteiger partial charge in [0, 0.05) is 11.3 Å². The molecule has 0 amide bonds. The van der Waals surface area contributed by atoms with E-state index in [0.717, 1.165) is 24.1 Å². The zero-order valence-electron chi connectivity index (χ0n) is 11.3. The van der Waals surface area contributed by atoms with Gasteiger partial charge in [-0.1, -0.05) is 36.5 Å². The molecule has 1 aromatic carbocycles. The van der Waals surface area contributed by atoms with Gasteiger partial charge in [-0.25, -0.2) is 9.97 Å². The third-order valence-corrected chi connectivity index (χ3v) is 3.43. The topological polar surface area (TPSA) is 47.0 Å². The molecule has 0 saturated carbocycles. The van der Waals surface area contributed by atoms with Crippen molar-refractivity contribution in [2.24, 2.45) is 0 Å². The van der Waals surface area contributed by atoms with Gasteiger partial charge in [0.25, 0.3) is 0 Å². The van der Waals surface area contributed by atoms with Crippen LogP contribution in [0, 0.1) is 0 Å². The van der Waals surface area contributed by atoms with Crippen molar-refractivity contribution in [3.63, 3.8) is 0 Å². The highest BCUT2D eigenvalue weighted by Crippen LogP contribution is 2.30. The zero-order chi connectivity index (χ0) is 14.5. The van der Waals surface area contributed by atoms with Crippen LogP contribution in [-0.4, -0.2) is 17.1 Å². The maximum absolute atomic E-state index is 6.12. The fourth-order valence-electron chi connectivity index (χ4n) is 1.85. The van der Waals surface area contributed by atoms with Crippen molar-refractivity contribution in [3.05, 3.63) is 40.3 Å². The quantitative estimate of drug-likeness (QED) is 0.826. The highest BCUT2D eigenvalue weighted by Gasteiger charge is 2.10. The van der Waals surface area contributed by atoms with Gasteiger partial charge in [-0.2, -0.15) is 0 Å². The molecule has 0 aliphatic rings. The molecule has 6 heteroatoms. The molecular weight excluding hydrogens is 297 g/mol. The summed E-state index contributed by atoms with van der Waals surface area (Å²) in [5.74, 6) is 1.33. The van der Waals surface area contributed by atoms with Gasteiger partial charge in [0.05, 0.1) is 12.1 Å². The normalized spacial score (nSPS) is 10.4. The summed E-state index contributed by atoms with van der Waals surface area (Å²) in [6, 6.07) is 5.45. The predicted molar refractivity (Wildman–Crippen MR) is 82.3 cm³/mol. The van der Waals surface area contributed by atoms with Crippen molar-refractivity contribution in [3.8, 4) is 5.75 Å². The summed E-state index contributed by atoms with van der Waals surface area (Å²) in [6.45, 7) is 2.08. The Balaban J connectivity index is 2.30. The summed E-state index contributed by atoms with van der Waals surface area (Å²) in [6.07, 6.45) is 3.21. The molecule has 0 spiro atoms. The van der Waals surface area contributed by atoms with Crippen LogP contribution in [0.5, 0.6) is 5.75 Å². The number of nitrogens with one attached hydrogen (secondary N) is 1. The first-order valence-electron chi connectivity index (χ1n) is 6.25. The second kappa shape index (κ2) is 6.77. The minimum atomic E-state index is 0.476. The molecule has 2 aromatic rings. The van der Waals surface area contributed by atoms with Crippen molar-refractivity contribution >= 4 is 34.7 Å². The fourth-order valence-corrected chi connectivity index (χ4v) is 2.34. The Kier molecular flexibility index (Phi) is 5.04. The van der Waals surface area contributed by atoms with E-state index < -0.39 is 0 Å². The van der Waals surface area contributed by atoms with E-state index in [1.165, 1.54) is 6.33 Å². The Hall–Kier alpha value is -1.52. The van der Waals surface area contributed by atoms with Crippen molar-refractivity contribution in [1.82, 2.24) is 9.97 Å². The van der Waals surface area contributed by atoms with Crippen LogP contribution in [0.25, 0.3) is 0 Å². The molecule has 2 rings (SSSR count). The van der Waals surface area contributed by atoms with E-state index in [-0.39, 0.29) is 0 Å². The van der Waals surface area contributed by atoms with Gasteiger partial charge in [-0.3, -0.25) is 0 Å². The predicted octanol–water partition coefficient (Wildman–Crippen LogP) is 4.49. The number of ether oxygens (including phenoxy) is 1. The molecule has 1 heterocycles. The second-order valence-corrected chi connectivity index (χ2v) is 4.98. The zero-order valence-corrected chi connectivity index (χ0v) is 12.8.